The Morgan fingerprint density at radius 2 is 1.90 bits per heavy atom. The average Bonchev–Trinajstić information content (AvgIpc) is 2.50. The third-order valence-corrected chi connectivity index (χ3v) is 3.85. The summed E-state index contributed by atoms with van der Waals surface area (Å²) in [7, 11) is 0. The first-order valence-electron chi connectivity index (χ1n) is 7.43. The topological polar surface area (TPSA) is 24.9 Å². The molecule has 1 aromatic carbocycles. The van der Waals surface area contributed by atoms with Crippen LogP contribution in [0.2, 0.25) is 0 Å². The fourth-order valence-electron chi connectivity index (χ4n) is 2.61. The minimum Gasteiger partial charge on any atom is -0.309 e. The van der Waals surface area contributed by atoms with Crippen molar-refractivity contribution < 1.29 is 0 Å². The molecule has 0 fully saturated rings. The molecule has 1 N–H and O–H groups in total. The fourth-order valence-corrected chi connectivity index (χ4v) is 2.61. The molecule has 0 amide bonds. The van der Waals surface area contributed by atoms with Crippen LogP contribution in [0.25, 0.3) is 0 Å². The van der Waals surface area contributed by atoms with Gasteiger partial charge in [-0.3, -0.25) is 4.98 Å². The molecule has 2 nitrogen and oxygen atoms in total. The zero-order valence-corrected chi connectivity index (χ0v) is 12.6. The quantitative estimate of drug-likeness (QED) is 0.848. The van der Waals surface area contributed by atoms with Crippen molar-refractivity contribution >= 4 is 0 Å². The maximum absolute atomic E-state index is 4.31. The molecule has 0 radical (unpaired) electrons. The Morgan fingerprint density at radius 3 is 2.55 bits per heavy atom. The summed E-state index contributed by atoms with van der Waals surface area (Å²) in [6, 6.07) is 13.1. The van der Waals surface area contributed by atoms with Crippen molar-refractivity contribution in [2.24, 2.45) is 0 Å². The van der Waals surface area contributed by atoms with E-state index in [2.05, 4.69) is 67.5 Å². The van der Waals surface area contributed by atoms with Crippen molar-refractivity contribution in [1.29, 1.82) is 0 Å². The third-order valence-electron chi connectivity index (χ3n) is 3.85. The van der Waals surface area contributed by atoms with Gasteiger partial charge >= 0.3 is 0 Å². The number of nitrogens with zero attached hydrogens (tertiary/aromatic N) is 1. The fraction of sp³-hybridized carbons (Fsp3) is 0.389. The van der Waals surface area contributed by atoms with Crippen LogP contribution in [-0.4, -0.2) is 11.5 Å². The van der Waals surface area contributed by atoms with Gasteiger partial charge in [-0.05, 0) is 42.6 Å². The molecule has 2 heteroatoms. The zero-order chi connectivity index (χ0) is 14.4. The molecule has 106 valence electrons. The molecule has 1 heterocycles. The summed E-state index contributed by atoms with van der Waals surface area (Å²) in [6.07, 6.45) is 5.00. The normalized spacial score (nSPS) is 13.9. The van der Waals surface area contributed by atoms with Crippen LogP contribution in [0.1, 0.15) is 48.9 Å². The number of rotatable bonds is 6. The second-order valence-corrected chi connectivity index (χ2v) is 5.36. The first-order chi connectivity index (χ1) is 9.74. The molecule has 2 rings (SSSR count). The number of nitrogens with one attached hydrogen (secondary N) is 1. The maximum atomic E-state index is 4.31. The molecular weight excluding hydrogens is 244 g/mol. The summed E-state index contributed by atoms with van der Waals surface area (Å²) in [6.45, 7) is 7.67. The standard InChI is InChI=1S/C18H24N2/c1-4-11-20-18(17-13-19-12-10-14(17)2)15(3)16-8-6-5-7-9-16/h5-10,12-13,15,18,20H,4,11H2,1-3H3. The van der Waals surface area contributed by atoms with E-state index in [0.717, 1.165) is 13.0 Å². The molecule has 2 aromatic rings. The van der Waals surface area contributed by atoms with E-state index < -0.39 is 0 Å². The van der Waals surface area contributed by atoms with Crippen LogP contribution in [0.5, 0.6) is 0 Å². The van der Waals surface area contributed by atoms with Gasteiger partial charge in [0.05, 0.1) is 0 Å². The highest BCUT2D eigenvalue weighted by atomic mass is 14.9. The largest absolute Gasteiger partial charge is 0.309 e. The van der Waals surface area contributed by atoms with Gasteiger partial charge < -0.3 is 5.32 Å². The Labute approximate surface area is 122 Å². The van der Waals surface area contributed by atoms with Crippen molar-refractivity contribution in [3.8, 4) is 0 Å². The molecule has 0 bridgehead atoms. The molecule has 0 saturated heterocycles. The summed E-state index contributed by atoms with van der Waals surface area (Å²) in [5, 5.41) is 3.68. The van der Waals surface area contributed by atoms with Crippen molar-refractivity contribution in [3.05, 3.63) is 65.5 Å². The lowest BCUT2D eigenvalue weighted by molar-refractivity contribution is 0.463. The lowest BCUT2D eigenvalue weighted by Gasteiger charge is -2.27. The summed E-state index contributed by atoms with van der Waals surface area (Å²) in [4.78, 5) is 4.31. The SMILES string of the molecule is CCCNC(c1cnccc1C)C(C)c1ccccc1. The maximum Gasteiger partial charge on any atom is 0.0404 e. The van der Waals surface area contributed by atoms with E-state index in [9.17, 15) is 0 Å². The van der Waals surface area contributed by atoms with E-state index in [1.807, 2.05) is 12.4 Å². The Bertz CT molecular complexity index is 522. The smallest absolute Gasteiger partial charge is 0.0404 e. The van der Waals surface area contributed by atoms with Gasteiger partial charge in [0.15, 0.2) is 0 Å². The molecule has 0 spiro atoms. The van der Waals surface area contributed by atoms with Crippen molar-refractivity contribution in [2.45, 2.75) is 39.2 Å². The first-order valence-corrected chi connectivity index (χ1v) is 7.43. The van der Waals surface area contributed by atoms with Crippen LogP contribution in [0.4, 0.5) is 0 Å². The molecule has 2 unspecified atom stereocenters. The van der Waals surface area contributed by atoms with E-state index in [1.54, 1.807) is 0 Å². The zero-order valence-electron chi connectivity index (χ0n) is 12.6. The van der Waals surface area contributed by atoms with Gasteiger partial charge in [-0.1, -0.05) is 44.2 Å². The first kappa shape index (κ1) is 14.7. The second kappa shape index (κ2) is 7.20. The van der Waals surface area contributed by atoms with Crippen LogP contribution in [0.3, 0.4) is 0 Å². The van der Waals surface area contributed by atoms with Gasteiger partial charge in [-0.25, -0.2) is 0 Å². The van der Waals surface area contributed by atoms with Crippen LogP contribution in [0, 0.1) is 6.92 Å². The van der Waals surface area contributed by atoms with Gasteiger partial charge in [0.1, 0.15) is 0 Å². The van der Waals surface area contributed by atoms with E-state index in [-0.39, 0.29) is 0 Å². The molecule has 20 heavy (non-hydrogen) atoms. The number of aromatic nitrogens is 1. The Hall–Kier alpha value is -1.67. The molecule has 0 aliphatic carbocycles. The number of aryl methyl sites for hydroxylation is 1. The van der Waals surface area contributed by atoms with E-state index in [0.29, 0.717) is 12.0 Å². The van der Waals surface area contributed by atoms with Crippen molar-refractivity contribution in [2.75, 3.05) is 6.54 Å². The average molecular weight is 268 g/mol. The third kappa shape index (κ3) is 3.45. The number of pyridine rings is 1. The summed E-state index contributed by atoms with van der Waals surface area (Å²) in [5.41, 5.74) is 3.97. The molecule has 1 aromatic heterocycles. The number of hydrogen-bond acceptors (Lipinski definition) is 2. The highest BCUT2D eigenvalue weighted by molar-refractivity contribution is 5.30. The molecule has 2 atom stereocenters. The Morgan fingerprint density at radius 1 is 1.15 bits per heavy atom. The summed E-state index contributed by atoms with van der Waals surface area (Å²) >= 11 is 0. The van der Waals surface area contributed by atoms with Crippen molar-refractivity contribution in [3.63, 3.8) is 0 Å². The number of hydrogen-bond donors (Lipinski definition) is 1. The lowest BCUT2D eigenvalue weighted by Crippen LogP contribution is -2.27. The van der Waals surface area contributed by atoms with Crippen LogP contribution < -0.4 is 5.32 Å². The van der Waals surface area contributed by atoms with Crippen LogP contribution in [0.15, 0.2) is 48.8 Å². The Balaban J connectivity index is 2.30. The molecule has 0 aliphatic rings. The predicted octanol–water partition coefficient (Wildman–Crippen LogP) is 4.23. The van der Waals surface area contributed by atoms with Crippen LogP contribution in [-0.2, 0) is 0 Å². The van der Waals surface area contributed by atoms with Gasteiger partial charge in [0.25, 0.3) is 0 Å². The summed E-state index contributed by atoms with van der Waals surface area (Å²) < 4.78 is 0. The van der Waals surface area contributed by atoms with Gasteiger partial charge in [-0.15, -0.1) is 0 Å². The molecular formula is C18H24N2. The minimum absolute atomic E-state index is 0.311. The van der Waals surface area contributed by atoms with Gasteiger partial charge in [0, 0.05) is 24.4 Å². The van der Waals surface area contributed by atoms with Gasteiger partial charge in [0.2, 0.25) is 0 Å². The summed E-state index contributed by atoms with van der Waals surface area (Å²) in [5.74, 6) is 0.422. The monoisotopic (exact) mass is 268 g/mol. The van der Waals surface area contributed by atoms with Crippen LogP contribution >= 0.6 is 0 Å². The minimum atomic E-state index is 0.311. The lowest BCUT2D eigenvalue weighted by atomic mass is 9.87. The predicted molar refractivity (Wildman–Crippen MR) is 84.9 cm³/mol. The highest BCUT2D eigenvalue weighted by Gasteiger charge is 2.21. The highest BCUT2D eigenvalue weighted by Crippen LogP contribution is 2.31. The van der Waals surface area contributed by atoms with E-state index >= 15 is 0 Å². The second-order valence-electron chi connectivity index (χ2n) is 5.36. The molecule has 0 saturated carbocycles. The molecule has 0 aliphatic heterocycles. The van der Waals surface area contributed by atoms with E-state index in [4.69, 9.17) is 0 Å². The Kier molecular flexibility index (Phi) is 5.31. The van der Waals surface area contributed by atoms with Gasteiger partial charge in [-0.2, -0.15) is 0 Å². The van der Waals surface area contributed by atoms with Crippen molar-refractivity contribution in [1.82, 2.24) is 10.3 Å². The van der Waals surface area contributed by atoms with E-state index in [1.165, 1.54) is 16.7 Å². The number of benzene rings is 1.